The molecule has 2 aromatic carbocycles. The topological polar surface area (TPSA) is 77.5 Å². The maximum atomic E-state index is 13.0. The number of aromatic nitrogens is 1. The predicted octanol–water partition coefficient (Wildman–Crippen LogP) is 3.85. The van der Waals surface area contributed by atoms with Crippen LogP contribution in [-0.2, 0) is 6.54 Å². The number of nitrogens with zero attached hydrogens (tertiary/aromatic N) is 3. The van der Waals surface area contributed by atoms with Gasteiger partial charge in [0.25, 0.3) is 11.6 Å². The number of aryl methyl sites for hydroxylation is 1. The van der Waals surface area contributed by atoms with Crippen LogP contribution in [-0.4, -0.2) is 27.4 Å². The Hall–Kier alpha value is -2.52. The fraction of sp³-hybridized carbons (Fsp3) is 0.176. The molecule has 0 atom stereocenters. The number of carbonyl (C=O) groups is 1. The molecule has 0 saturated heterocycles. The van der Waals surface area contributed by atoms with E-state index in [-0.39, 0.29) is 11.3 Å². The second-order valence-electron chi connectivity index (χ2n) is 5.36. The summed E-state index contributed by atoms with van der Waals surface area (Å²) < 4.78 is 15.6. The summed E-state index contributed by atoms with van der Waals surface area (Å²) in [7, 11) is 0. The van der Waals surface area contributed by atoms with Gasteiger partial charge in [0.05, 0.1) is 15.1 Å². The van der Waals surface area contributed by atoms with Gasteiger partial charge in [-0.25, -0.2) is 4.39 Å². The van der Waals surface area contributed by atoms with Crippen LogP contribution in [0.1, 0.15) is 10.4 Å². The minimum Gasteiger partial charge on any atom is -0.315 e. The second kappa shape index (κ2) is 7.79. The Morgan fingerprint density at radius 2 is 2.04 bits per heavy atom. The fourth-order valence-electron chi connectivity index (χ4n) is 2.40. The second-order valence-corrected chi connectivity index (χ2v) is 7.36. The number of rotatable bonds is 5. The van der Waals surface area contributed by atoms with Gasteiger partial charge in [0.2, 0.25) is 0 Å². The van der Waals surface area contributed by atoms with Crippen LogP contribution < -0.4 is 4.80 Å². The highest BCUT2D eigenvalue weighted by Gasteiger charge is 2.13. The van der Waals surface area contributed by atoms with Gasteiger partial charge in [-0.3, -0.25) is 14.9 Å². The lowest BCUT2D eigenvalue weighted by Gasteiger charge is -2.03. The Morgan fingerprint density at radius 1 is 1.31 bits per heavy atom. The van der Waals surface area contributed by atoms with E-state index in [1.807, 2.05) is 10.8 Å². The highest BCUT2D eigenvalue weighted by atomic mass is 32.2. The van der Waals surface area contributed by atoms with Gasteiger partial charge in [0.1, 0.15) is 5.82 Å². The number of non-ortho nitro benzene ring substituents is 1. The number of fused-ring (bicyclic) bond motifs is 1. The number of carbonyl (C=O) groups excluding carboxylic acids is 1. The number of hydrogen-bond donors (Lipinski definition) is 0. The van der Waals surface area contributed by atoms with Crippen molar-refractivity contribution in [2.75, 3.05) is 12.0 Å². The first-order valence-corrected chi connectivity index (χ1v) is 9.82. The van der Waals surface area contributed by atoms with Gasteiger partial charge >= 0.3 is 0 Å². The quantitative estimate of drug-likeness (QED) is 0.489. The maximum Gasteiger partial charge on any atom is 0.279 e. The largest absolute Gasteiger partial charge is 0.315 e. The third-order valence-corrected chi connectivity index (χ3v) is 5.32. The molecule has 0 saturated carbocycles. The molecule has 26 heavy (non-hydrogen) atoms. The number of nitro benzene ring substituents is 1. The van der Waals surface area contributed by atoms with Gasteiger partial charge in [-0.2, -0.15) is 16.8 Å². The first-order chi connectivity index (χ1) is 12.5. The summed E-state index contributed by atoms with van der Waals surface area (Å²) in [5.74, 6) is -0.101. The van der Waals surface area contributed by atoms with Crippen LogP contribution in [0, 0.1) is 15.9 Å². The van der Waals surface area contributed by atoms with Crippen molar-refractivity contribution in [2.24, 2.45) is 4.99 Å². The maximum absolute atomic E-state index is 13.0. The lowest BCUT2D eigenvalue weighted by atomic mass is 10.2. The zero-order valence-corrected chi connectivity index (χ0v) is 15.3. The Morgan fingerprint density at radius 3 is 2.69 bits per heavy atom. The predicted molar refractivity (Wildman–Crippen MR) is 101 cm³/mol. The molecule has 3 aromatic rings. The molecule has 0 aliphatic rings. The van der Waals surface area contributed by atoms with Crippen molar-refractivity contribution in [3.8, 4) is 0 Å². The van der Waals surface area contributed by atoms with Gasteiger partial charge in [0.15, 0.2) is 4.80 Å². The number of nitro groups is 1. The lowest BCUT2D eigenvalue weighted by Crippen LogP contribution is -2.18. The van der Waals surface area contributed by atoms with E-state index in [4.69, 9.17) is 0 Å². The highest BCUT2D eigenvalue weighted by Crippen LogP contribution is 2.23. The molecule has 9 heteroatoms. The van der Waals surface area contributed by atoms with Gasteiger partial charge in [0, 0.05) is 30.0 Å². The molecule has 6 nitrogen and oxygen atoms in total. The molecular formula is C17H14FN3O3S2. The molecule has 0 aliphatic heterocycles. The number of amides is 1. The van der Waals surface area contributed by atoms with Crippen molar-refractivity contribution in [1.82, 2.24) is 4.57 Å². The van der Waals surface area contributed by atoms with Crippen molar-refractivity contribution in [2.45, 2.75) is 6.54 Å². The number of thioether (sulfide) groups is 1. The van der Waals surface area contributed by atoms with E-state index >= 15 is 0 Å². The summed E-state index contributed by atoms with van der Waals surface area (Å²) in [5.41, 5.74) is 1.07. The van der Waals surface area contributed by atoms with Crippen molar-refractivity contribution in [1.29, 1.82) is 0 Å². The first kappa shape index (κ1) is 18.3. The minimum absolute atomic E-state index is 0.00724. The average molecular weight is 391 g/mol. The van der Waals surface area contributed by atoms with E-state index in [1.165, 1.54) is 47.7 Å². The Bertz CT molecular complexity index is 1040. The van der Waals surface area contributed by atoms with Gasteiger partial charge in [-0.05, 0) is 36.6 Å². The normalized spacial score (nSPS) is 11.8. The molecule has 0 aliphatic carbocycles. The molecule has 0 radical (unpaired) electrons. The van der Waals surface area contributed by atoms with Crippen LogP contribution in [0.25, 0.3) is 10.2 Å². The number of hydrogen-bond acceptors (Lipinski definition) is 5. The lowest BCUT2D eigenvalue weighted by molar-refractivity contribution is -0.384. The third kappa shape index (κ3) is 3.83. The Kier molecular flexibility index (Phi) is 5.48. The number of benzene rings is 2. The molecule has 1 amide bonds. The average Bonchev–Trinajstić information content (AvgIpc) is 2.96. The molecule has 0 bridgehead atoms. The summed E-state index contributed by atoms with van der Waals surface area (Å²) in [6.45, 7) is 0.620. The fourth-order valence-corrected chi connectivity index (χ4v) is 3.86. The number of halogens is 1. The first-order valence-electron chi connectivity index (χ1n) is 7.61. The highest BCUT2D eigenvalue weighted by molar-refractivity contribution is 7.98. The third-order valence-electron chi connectivity index (χ3n) is 3.68. The van der Waals surface area contributed by atoms with E-state index < -0.39 is 16.6 Å². The molecule has 3 rings (SSSR count). The summed E-state index contributed by atoms with van der Waals surface area (Å²) in [6, 6.07) is 9.77. The van der Waals surface area contributed by atoms with Crippen LogP contribution in [0.2, 0.25) is 0 Å². The molecule has 0 unspecified atom stereocenters. The molecular weight excluding hydrogens is 377 g/mol. The van der Waals surface area contributed by atoms with Crippen molar-refractivity contribution in [3.05, 3.63) is 68.8 Å². The summed E-state index contributed by atoms with van der Waals surface area (Å²) in [6.07, 6.45) is 1.97. The van der Waals surface area contributed by atoms with E-state index in [1.54, 1.807) is 17.8 Å². The van der Waals surface area contributed by atoms with Crippen molar-refractivity contribution >= 4 is 44.9 Å². The van der Waals surface area contributed by atoms with Gasteiger partial charge in [-0.1, -0.05) is 11.3 Å². The van der Waals surface area contributed by atoms with E-state index in [9.17, 15) is 19.3 Å². The zero-order valence-electron chi connectivity index (χ0n) is 13.7. The van der Waals surface area contributed by atoms with E-state index in [2.05, 4.69) is 4.99 Å². The molecule has 134 valence electrons. The summed E-state index contributed by atoms with van der Waals surface area (Å²) >= 11 is 2.87. The monoisotopic (exact) mass is 391 g/mol. The van der Waals surface area contributed by atoms with Crippen LogP contribution in [0.4, 0.5) is 10.1 Å². The minimum atomic E-state index is -0.482. The van der Waals surface area contributed by atoms with Crippen molar-refractivity contribution < 1.29 is 14.1 Å². The molecule has 0 fully saturated rings. The standard InChI is InChI=1S/C17H14FN3O3S2/c1-25-9-8-20-14-7-6-13(21(23)24)10-15(14)26-17(20)19-16(22)11-2-4-12(18)5-3-11/h2-7,10H,8-9H2,1H3. The Labute approximate surface area is 156 Å². The summed E-state index contributed by atoms with van der Waals surface area (Å²) in [5, 5.41) is 11.0. The molecule has 1 aromatic heterocycles. The summed E-state index contributed by atoms with van der Waals surface area (Å²) in [4.78, 5) is 27.6. The molecule has 0 spiro atoms. The van der Waals surface area contributed by atoms with Crippen LogP contribution in [0.5, 0.6) is 0 Å². The molecule has 1 heterocycles. The SMILES string of the molecule is CSCCn1c(=NC(=O)c2ccc(F)cc2)sc2cc([N+](=O)[O-])ccc21. The van der Waals surface area contributed by atoms with Crippen LogP contribution in [0.15, 0.2) is 47.5 Å². The van der Waals surface area contributed by atoms with E-state index in [0.29, 0.717) is 16.0 Å². The Balaban J connectivity index is 2.11. The zero-order chi connectivity index (χ0) is 18.7. The van der Waals surface area contributed by atoms with Crippen LogP contribution in [0.3, 0.4) is 0 Å². The number of thiazole rings is 1. The van der Waals surface area contributed by atoms with Gasteiger partial charge in [-0.15, -0.1) is 0 Å². The van der Waals surface area contributed by atoms with Crippen molar-refractivity contribution in [3.63, 3.8) is 0 Å². The smallest absolute Gasteiger partial charge is 0.279 e. The molecule has 0 N–H and O–H groups in total. The van der Waals surface area contributed by atoms with Crippen LogP contribution >= 0.6 is 23.1 Å². The van der Waals surface area contributed by atoms with E-state index in [0.717, 1.165) is 11.3 Å². The van der Waals surface area contributed by atoms with Gasteiger partial charge < -0.3 is 4.57 Å².